The fourth-order valence-corrected chi connectivity index (χ4v) is 3.12. The lowest BCUT2D eigenvalue weighted by atomic mass is 10.2. The van der Waals surface area contributed by atoms with E-state index in [4.69, 9.17) is 0 Å². The Morgan fingerprint density at radius 2 is 1.77 bits per heavy atom. The van der Waals surface area contributed by atoms with Crippen LogP contribution in [0.25, 0.3) is 10.9 Å². The number of nitro benzene ring substituents is 1. The van der Waals surface area contributed by atoms with E-state index in [1.807, 2.05) is 6.07 Å². The number of anilines is 1. The topological polar surface area (TPSA) is 105 Å². The van der Waals surface area contributed by atoms with Gasteiger partial charge in [-0.3, -0.25) is 14.8 Å². The second-order valence-electron chi connectivity index (χ2n) is 4.64. The van der Waals surface area contributed by atoms with Crippen molar-refractivity contribution in [3.8, 4) is 0 Å². The first-order valence-electron chi connectivity index (χ1n) is 6.30. The molecule has 8 heteroatoms. The molecule has 3 aromatic rings. The monoisotopic (exact) mass is 317 g/mol. The van der Waals surface area contributed by atoms with E-state index in [1.165, 1.54) is 12.1 Å². The van der Waals surface area contributed by atoms with Crippen molar-refractivity contribution in [3.05, 3.63) is 64.8 Å². The third-order valence-electron chi connectivity index (χ3n) is 3.17. The quantitative estimate of drug-likeness (QED) is 0.570. The summed E-state index contributed by atoms with van der Waals surface area (Å²) in [5.74, 6) is 0. The van der Waals surface area contributed by atoms with Crippen LogP contribution in [0.5, 0.6) is 0 Å². The summed E-state index contributed by atoms with van der Waals surface area (Å²) in [5.41, 5.74) is 1.06. The SMILES string of the molecule is O=[N+]([O-])c1ccc(S(=O)(=O)Nc2ccc3cc[nH]c3c2)cc1. The van der Waals surface area contributed by atoms with Gasteiger partial charge < -0.3 is 4.98 Å². The molecule has 0 aliphatic heterocycles. The maximum atomic E-state index is 12.3. The van der Waals surface area contributed by atoms with Gasteiger partial charge in [-0.2, -0.15) is 0 Å². The number of nitrogens with one attached hydrogen (secondary N) is 2. The number of aromatic amines is 1. The van der Waals surface area contributed by atoms with Crippen molar-refractivity contribution in [2.75, 3.05) is 4.72 Å². The number of benzene rings is 2. The van der Waals surface area contributed by atoms with Crippen LogP contribution >= 0.6 is 0 Å². The van der Waals surface area contributed by atoms with Gasteiger partial charge in [-0.1, -0.05) is 6.07 Å². The Labute approximate surface area is 125 Å². The molecule has 2 N–H and O–H groups in total. The lowest BCUT2D eigenvalue weighted by Gasteiger charge is -2.08. The third kappa shape index (κ3) is 2.63. The van der Waals surface area contributed by atoms with Crippen LogP contribution < -0.4 is 4.72 Å². The Morgan fingerprint density at radius 3 is 2.45 bits per heavy atom. The van der Waals surface area contributed by atoms with E-state index in [9.17, 15) is 18.5 Å². The number of aromatic nitrogens is 1. The van der Waals surface area contributed by atoms with Crippen molar-refractivity contribution in [1.82, 2.24) is 4.98 Å². The largest absolute Gasteiger partial charge is 0.361 e. The Bertz CT molecular complexity index is 946. The van der Waals surface area contributed by atoms with Gasteiger partial charge in [0, 0.05) is 23.8 Å². The van der Waals surface area contributed by atoms with Crippen molar-refractivity contribution in [2.24, 2.45) is 0 Å². The highest BCUT2D eigenvalue weighted by molar-refractivity contribution is 7.92. The number of fused-ring (bicyclic) bond motifs is 1. The van der Waals surface area contributed by atoms with E-state index in [0.717, 1.165) is 23.0 Å². The first-order valence-corrected chi connectivity index (χ1v) is 7.78. The standard InChI is InChI=1S/C14H11N3O4S/c18-17(19)12-3-5-13(6-4-12)22(20,21)16-11-2-1-10-7-8-15-14(10)9-11/h1-9,15-16H. The molecule has 0 fully saturated rings. The minimum absolute atomic E-state index is 0.0373. The number of H-pyrrole nitrogens is 1. The molecule has 2 aromatic carbocycles. The van der Waals surface area contributed by atoms with E-state index in [0.29, 0.717) is 5.69 Å². The zero-order valence-electron chi connectivity index (χ0n) is 11.2. The molecule has 0 amide bonds. The summed E-state index contributed by atoms with van der Waals surface area (Å²) in [7, 11) is -3.79. The average molecular weight is 317 g/mol. The van der Waals surface area contributed by atoms with E-state index in [2.05, 4.69) is 9.71 Å². The molecular formula is C14H11N3O4S. The summed E-state index contributed by atoms with van der Waals surface area (Å²) >= 11 is 0. The number of hydrogen-bond donors (Lipinski definition) is 2. The summed E-state index contributed by atoms with van der Waals surface area (Å²) < 4.78 is 27.0. The second kappa shape index (κ2) is 5.15. The number of nitrogens with zero attached hydrogens (tertiary/aromatic N) is 1. The van der Waals surface area contributed by atoms with Crippen LogP contribution in [-0.4, -0.2) is 18.3 Å². The molecule has 22 heavy (non-hydrogen) atoms. The molecule has 0 saturated heterocycles. The Kier molecular flexibility index (Phi) is 3.30. The highest BCUT2D eigenvalue weighted by atomic mass is 32.2. The molecule has 0 aliphatic carbocycles. The number of nitro groups is 1. The van der Waals surface area contributed by atoms with Gasteiger partial charge in [0.25, 0.3) is 15.7 Å². The van der Waals surface area contributed by atoms with Gasteiger partial charge in [0.15, 0.2) is 0 Å². The first-order chi connectivity index (χ1) is 10.5. The minimum atomic E-state index is -3.79. The maximum absolute atomic E-state index is 12.3. The lowest BCUT2D eigenvalue weighted by Crippen LogP contribution is -2.12. The van der Waals surface area contributed by atoms with Gasteiger partial charge in [-0.25, -0.2) is 8.42 Å². The zero-order chi connectivity index (χ0) is 15.7. The second-order valence-corrected chi connectivity index (χ2v) is 6.32. The van der Waals surface area contributed by atoms with E-state index in [-0.39, 0.29) is 10.6 Å². The minimum Gasteiger partial charge on any atom is -0.361 e. The lowest BCUT2D eigenvalue weighted by molar-refractivity contribution is -0.384. The highest BCUT2D eigenvalue weighted by Gasteiger charge is 2.16. The molecule has 112 valence electrons. The molecular weight excluding hydrogens is 306 g/mol. The molecule has 0 radical (unpaired) electrons. The van der Waals surface area contributed by atoms with Crippen molar-refractivity contribution in [2.45, 2.75) is 4.90 Å². The summed E-state index contributed by atoms with van der Waals surface area (Å²) in [4.78, 5) is 13.0. The Balaban J connectivity index is 1.90. The number of rotatable bonds is 4. The Hall–Kier alpha value is -2.87. The molecule has 0 saturated carbocycles. The van der Waals surface area contributed by atoms with Gasteiger partial charge >= 0.3 is 0 Å². The number of non-ortho nitro benzene ring substituents is 1. The summed E-state index contributed by atoms with van der Waals surface area (Å²) in [6, 6.07) is 11.7. The molecule has 0 unspecified atom stereocenters. The van der Waals surface area contributed by atoms with Crippen LogP contribution in [0.4, 0.5) is 11.4 Å². The molecule has 0 aliphatic rings. The van der Waals surface area contributed by atoms with Crippen LogP contribution in [-0.2, 0) is 10.0 Å². The predicted molar refractivity (Wildman–Crippen MR) is 82.2 cm³/mol. The molecule has 1 heterocycles. The highest BCUT2D eigenvalue weighted by Crippen LogP contribution is 2.22. The van der Waals surface area contributed by atoms with Crippen molar-refractivity contribution < 1.29 is 13.3 Å². The van der Waals surface area contributed by atoms with E-state index < -0.39 is 14.9 Å². The molecule has 0 bridgehead atoms. The Morgan fingerprint density at radius 1 is 1.05 bits per heavy atom. The zero-order valence-corrected chi connectivity index (χ0v) is 12.0. The molecule has 1 aromatic heterocycles. The van der Waals surface area contributed by atoms with Gasteiger partial charge in [-0.05, 0) is 35.7 Å². The predicted octanol–water partition coefficient (Wildman–Crippen LogP) is 2.88. The van der Waals surface area contributed by atoms with E-state index in [1.54, 1.807) is 24.4 Å². The third-order valence-corrected chi connectivity index (χ3v) is 4.56. The molecule has 7 nitrogen and oxygen atoms in total. The van der Waals surface area contributed by atoms with Gasteiger partial charge in [0.1, 0.15) is 0 Å². The fraction of sp³-hybridized carbons (Fsp3) is 0. The summed E-state index contributed by atoms with van der Waals surface area (Å²) in [5, 5.41) is 11.6. The van der Waals surface area contributed by atoms with Crippen molar-refractivity contribution in [1.29, 1.82) is 0 Å². The van der Waals surface area contributed by atoms with Crippen LogP contribution in [0.3, 0.4) is 0 Å². The van der Waals surface area contributed by atoms with Crippen molar-refractivity contribution >= 4 is 32.3 Å². The smallest absolute Gasteiger partial charge is 0.269 e. The summed E-state index contributed by atoms with van der Waals surface area (Å²) in [6.07, 6.45) is 1.76. The molecule has 0 atom stereocenters. The van der Waals surface area contributed by atoms with Crippen LogP contribution in [0.15, 0.2) is 59.6 Å². The number of hydrogen-bond acceptors (Lipinski definition) is 4. The van der Waals surface area contributed by atoms with Crippen molar-refractivity contribution in [3.63, 3.8) is 0 Å². The maximum Gasteiger partial charge on any atom is 0.269 e. The fourth-order valence-electron chi connectivity index (χ4n) is 2.07. The summed E-state index contributed by atoms with van der Waals surface area (Å²) in [6.45, 7) is 0. The van der Waals surface area contributed by atoms with Gasteiger partial charge in [0.2, 0.25) is 0 Å². The number of sulfonamides is 1. The molecule has 3 rings (SSSR count). The van der Waals surface area contributed by atoms with Gasteiger partial charge in [-0.15, -0.1) is 0 Å². The normalized spacial score (nSPS) is 11.5. The first kappa shape index (κ1) is 14.1. The van der Waals surface area contributed by atoms with E-state index >= 15 is 0 Å². The van der Waals surface area contributed by atoms with Crippen LogP contribution in [0.2, 0.25) is 0 Å². The van der Waals surface area contributed by atoms with Crippen LogP contribution in [0.1, 0.15) is 0 Å². The van der Waals surface area contributed by atoms with Gasteiger partial charge in [0.05, 0.1) is 15.5 Å². The average Bonchev–Trinajstić information content (AvgIpc) is 2.94. The van der Waals surface area contributed by atoms with Crippen LogP contribution in [0, 0.1) is 10.1 Å². The molecule has 0 spiro atoms.